The highest BCUT2D eigenvalue weighted by atomic mass is 16.2. The summed E-state index contributed by atoms with van der Waals surface area (Å²) < 4.78 is 1.76. The Labute approximate surface area is 117 Å². The molecule has 0 bridgehead atoms. The normalized spacial score (nSPS) is 18.8. The van der Waals surface area contributed by atoms with E-state index < -0.39 is 0 Å². The first-order valence-electron chi connectivity index (χ1n) is 6.68. The van der Waals surface area contributed by atoms with Crippen molar-refractivity contribution in [1.29, 1.82) is 0 Å². The zero-order valence-corrected chi connectivity index (χ0v) is 11.1. The highest BCUT2D eigenvalue weighted by Crippen LogP contribution is 2.25. The summed E-state index contributed by atoms with van der Waals surface area (Å²) >= 11 is 0. The number of aromatic nitrogens is 3. The molecule has 20 heavy (non-hydrogen) atoms. The van der Waals surface area contributed by atoms with E-state index in [0.717, 1.165) is 11.3 Å². The molecule has 2 aromatic rings. The maximum absolute atomic E-state index is 12.0. The van der Waals surface area contributed by atoms with Gasteiger partial charge < -0.3 is 10.6 Å². The Morgan fingerprint density at radius 1 is 1.40 bits per heavy atom. The lowest BCUT2D eigenvalue weighted by atomic mass is 10.1. The van der Waals surface area contributed by atoms with Gasteiger partial charge in [-0.25, -0.2) is 9.67 Å². The van der Waals surface area contributed by atoms with Crippen LogP contribution in [0, 0.1) is 5.92 Å². The van der Waals surface area contributed by atoms with E-state index in [2.05, 4.69) is 10.1 Å². The van der Waals surface area contributed by atoms with E-state index in [1.54, 1.807) is 11.0 Å². The van der Waals surface area contributed by atoms with E-state index in [1.807, 2.05) is 29.2 Å². The molecule has 0 aliphatic carbocycles. The minimum Gasteiger partial charge on any atom is -0.330 e. The van der Waals surface area contributed by atoms with E-state index in [9.17, 15) is 4.79 Å². The number of nitrogens with zero attached hydrogens (tertiary/aromatic N) is 4. The summed E-state index contributed by atoms with van der Waals surface area (Å²) in [6, 6.07) is 7.97. The van der Waals surface area contributed by atoms with Gasteiger partial charge in [-0.3, -0.25) is 4.79 Å². The van der Waals surface area contributed by atoms with Crippen molar-refractivity contribution < 1.29 is 4.79 Å². The number of amides is 1. The number of anilines is 1. The molecule has 1 fully saturated rings. The molecule has 6 heteroatoms. The van der Waals surface area contributed by atoms with Crippen LogP contribution in [0.5, 0.6) is 0 Å². The molecule has 0 spiro atoms. The molecule has 2 N–H and O–H groups in total. The second-order valence-corrected chi connectivity index (χ2v) is 5.07. The molecule has 1 aliphatic heterocycles. The SMILES string of the molecule is NCC1CC(=O)N(c2cccc(Cn3cncn3)c2)C1. The van der Waals surface area contributed by atoms with Gasteiger partial charge in [0, 0.05) is 18.7 Å². The van der Waals surface area contributed by atoms with Crippen LogP contribution in [0.1, 0.15) is 12.0 Å². The van der Waals surface area contributed by atoms with E-state index in [4.69, 9.17) is 5.73 Å². The Kier molecular flexibility index (Phi) is 3.47. The maximum atomic E-state index is 12.0. The lowest BCUT2D eigenvalue weighted by molar-refractivity contribution is -0.117. The third-order valence-electron chi connectivity index (χ3n) is 3.57. The van der Waals surface area contributed by atoms with Crippen molar-refractivity contribution in [3.63, 3.8) is 0 Å². The lowest BCUT2D eigenvalue weighted by Gasteiger charge is -2.17. The van der Waals surface area contributed by atoms with E-state index in [1.165, 1.54) is 6.33 Å². The van der Waals surface area contributed by atoms with Crippen molar-refractivity contribution in [1.82, 2.24) is 14.8 Å². The number of hydrogen-bond acceptors (Lipinski definition) is 4. The van der Waals surface area contributed by atoms with Gasteiger partial charge in [-0.15, -0.1) is 0 Å². The Bertz CT molecular complexity index is 595. The van der Waals surface area contributed by atoms with Crippen LogP contribution >= 0.6 is 0 Å². The Morgan fingerprint density at radius 2 is 2.30 bits per heavy atom. The molecule has 1 aliphatic rings. The van der Waals surface area contributed by atoms with Gasteiger partial charge in [0.25, 0.3) is 0 Å². The van der Waals surface area contributed by atoms with Crippen LogP contribution in [-0.4, -0.2) is 33.8 Å². The number of nitrogens with two attached hydrogens (primary N) is 1. The van der Waals surface area contributed by atoms with Crippen molar-refractivity contribution in [3.05, 3.63) is 42.5 Å². The third kappa shape index (κ3) is 2.55. The number of carbonyl (C=O) groups excluding carboxylic acids is 1. The third-order valence-corrected chi connectivity index (χ3v) is 3.57. The summed E-state index contributed by atoms with van der Waals surface area (Å²) in [5.41, 5.74) is 7.69. The van der Waals surface area contributed by atoms with Crippen LogP contribution < -0.4 is 10.6 Å². The minimum atomic E-state index is 0.151. The van der Waals surface area contributed by atoms with Gasteiger partial charge >= 0.3 is 0 Å². The molecule has 6 nitrogen and oxygen atoms in total. The summed E-state index contributed by atoms with van der Waals surface area (Å²) in [7, 11) is 0. The lowest BCUT2D eigenvalue weighted by Crippen LogP contribution is -2.25. The van der Waals surface area contributed by atoms with Gasteiger partial charge in [-0.2, -0.15) is 5.10 Å². The van der Waals surface area contributed by atoms with Crippen LogP contribution in [0.25, 0.3) is 0 Å². The van der Waals surface area contributed by atoms with E-state index in [-0.39, 0.29) is 11.8 Å². The van der Waals surface area contributed by atoms with Crippen LogP contribution in [0.3, 0.4) is 0 Å². The predicted molar refractivity (Wildman–Crippen MR) is 75.1 cm³/mol. The molecule has 2 heterocycles. The van der Waals surface area contributed by atoms with Crippen LogP contribution in [0.15, 0.2) is 36.9 Å². The number of benzene rings is 1. The second-order valence-electron chi connectivity index (χ2n) is 5.07. The summed E-state index contributed by atoms with van der Waals surface area (Å²) in [5.74, 6) is 0.417. The number of carbonyl (C=O) groups is 1. The van der Waals surface area contributed by atoms with E-state index in [0.29, 0.717) is 26.1 Å². The molecular formula is C14H17N5O. The van der Waals surface area contributed by atoms with Crippen molar-refractivity contribution >= 4 is 11.6 Å². The topological polar surface area (TPSA) is 77.0 Å². The van der Waals surface area contributed by atoms with Crippen LogP contribution in [0.4, 0.5) is 5.69 Å². The second kappa shape index (κ2) is 5.42. The Balaban J connectivity index is 1.79. The van der Waals surface area contributed by atoms with E-state index >= 15 is 0 Å². The Morgan fingerprint density at radius 3 is 3.00 bits per heavy atom. The molecule has 1 aromatic heterocycles. The zero-order valence-electron chi connectivity index (χ0n) is 11.1. The van der Waals surface area contributed by atoms with Gasteiger partial charge in [-0.05, 0) is 30.2 Å². The summed E-state index contributed by atoms with van der Waals surface area (Å²) in [6.45, 7) is 1.92. The first kappa shape index (κ1) is 12.8. The standard InChI is InChI=1S/C14H17N5O/c15-6-12-5-14(20)19(8-12)13-3-1-2-11(4-13)7-18-10-16-9-17-18/h1-4,9-10,12H,5-8,15H2. The monoisotopic (exact) mass is 271 g/mol. The molecule has 0 saturated carbocycles. The van der Waals surface area contributed by atoms with Crippen LogP contribution in [0.2, 0.25) is 0 Å². The van der Waals surface area contributed by atoms with Gasteiger partial charge in [0.15, 0.2) is 0 Å². The fourth-order valence-electron chi connectivity index (χ4n) is 2.51. The highest BCUT2D eigenvalue weighted by Gasteiger charge is 2.29. The first-order chi connectivity index (χ1) is 9.76. The molecule has 1 amide bonds. The van der Waals surface area contributed by atoms with Gasteiger partial charge in [0.1, 0.15) is 12.7 Å². The van der Waals surface area contributed by atoms with Crippen molar-refractivity contribution in [2.24, 2.45) is 11.7 Å². The zero-order chi connectivity index (χ0) is 13.9. The minimum absolute atomic E-state index is 0.151. The smallest absolute Gasteiger partial charge is 0.227 e. The predicted octanol–water partition coefficient (Wildman–Crippen LogP) is 0.638. The number of hydrogen-bond donors (Lipinski definition) is 1. The van der Waals surface area contributed by atoms with Crippen LogP contribution in [-0.2, 0) is 11.3 Å². The highest BCUT2D eigenvalue weighted by molar-refractivity contribution is 5.95. The average Bonchev–Trinajstić information content (AvgIpc) is 3.08. The van der Waals surface area contributed by atoms with Gasteiger partial charge in [0.2, 0.25) is 5.91 Å². The summed E-state index contributed by atoms with van der Waals surface area (Å²) in [4.78, 5) is 17.8. The van der Waals surface area contributed by atoms with Gasteiger partial charge in [0.05, 0.1) is 6.54 Å². The van der Waals surface area contributed by atoms with Gasteiger partial charge in [-0.1, -0.05) is 12.1 Å². The molecular weight excluding hydrogens is 254 g/mol. The first-order valence-corrected chi connectivity index (χ1v) is 6.68. The molecule has 1 aromatic carbocycles. The fourth-order valence-corrected chi connectivity index (χ4v) is 2.51. The molecule has 1 unspecified atom stereocenters. The van der Waals surface area contributed by atoms with Crippen molar-refractivity contribution in [2.75, 3.05) is 18.0 Å². The summed E-state index contributed by atoms with van der Waals surface area (Å²) in [5, 5.41) is 4.09. The summed E-state index contributed by atoms with van der Waals surface area (Å²) in [6.07, 6.45) is 3.74. The quantitative estimate of drug-likeness (QED) is 0.885. The maximum Gasteiger partial charge on any atom is 0.227 e. The molecule has 1 atom stereocenters. The number of rotatable bonds is 4. The average molecular weight is 271 g/mol. The molecule has 0 radical (unpaired) electrons. The molecule has 104 valence electrons. The Hall–Kier alpha value is -2.21. The van der Waals surface area contributed by atoms with Crippen molar-refractivity contribution in [2.45, 2.75) is 13.0 Å². The molecule has 3 rings (SSSR count). The fraction of sp³-hybridized carbons (Fsp3) is 0.357. The largest absolute Gasteiger partial charge is 0.330 e. The van der Waals surface area contributed by atoms with Crippen molar-refractivity contribution in [3.8, 4) is 0 Å². The molecule has 1 saturated heterocycles.